The van der Waals surface area contributed by atoms with E-state index in [1.54, 1.807) is 24.8 Å². The molecule has 0 bridgehead atoms. The smallest absolute Gasteiger partial charge is 0.238 e. The van der Waals surface area contributed by atoms with E-state index in [0.717, 1.165) is 22.8 Å². The van der Waals surface area contributed by atoms with Crippen molar-refractivity contribution in [1.29, 1.82) is 0 Å². The van der Waals surface area contributed by atoms with Gasteiger partial charge < -0.3 is 20.4 Å². The standard InChI is InChI=1S/2C10H8N2.2C6H2I2O4/c2*1-3-7-11-9(5-1)10-6-2-4-8-12-10;2*7-1-3(9)5(11)2(8)6(12)4(1)10/h2*1-8H;2*9,12H. The summed E-state index contributed by atoms with van der Waals surface area (Å²) in [4.78, 5) is 60.8. The van der Waals surface area contributed by atoms with Crippen LogP contribution in [-0.4, -0.2) is 63.5 Å². The summed E-state index contributed by atoms with van der Waals surface area (Å²) in [5.41, 5.74) is 3.66. The van der Waals surface area contributed by atoms with Crippen molar-refractivity contribution in [2.75, 3.05) is 0 Å². The van der Waals surface area contributed by atoms with Crippen LogP contribution in [0.3, 0.4) is 0 Å². The van der Waals surface area contributed by atoms with Crippen molar-refractivity contribution in [3.05, 3.63) is 135 Å². The Balaban J connectivity index is 0.000000174. The summed E-state index contributed by atoms with van der Waals surface area (Å²) in [5, 5.41) is 36.2. The van der Waals surface area contributed by atoms with Gasteiger partial charge in [-0.05, 0) is 139 Å². The Morgan fingerprint density at radius 3 is 0.688 bits per heavy atom. The predicted octanol–water partition coefficient (Wildman–Crippen LogP) is 7.38. The van der Waals surface area contributed by atoms with E-state index < -0.39 is 46.2 Å². The summed E-state index contributed by atoms with van der Waals surface area (Å²) in [5.74, 6) is -5.22. The second-order valence-electron chi connectivity index (χ2n) is 8.83. The van der Waals surface area contributed by atoms with E-state index in [9.17, 15) is 19.2 Å². The molecule has 48 heavy (non-hydrogen) atoms. The molecule has 12 nitrogen and oxygen atoms in total. The molecule has 0 saturated carbocycles. The zero-order valence-electron chi connectivity index (χ0n) is 24.0. The fourth-order valence-electron chi connectivity index (χ4n) is 3.30. The molecule has 0 radical (unpaired) electrons. The number of carbonyl (C=O) groups is 4. The molecule has 0 fully saturated rings. The molecule has 4 aromatic rings. The second-order valence-corrected chi connectivity index (χ2v) is 13.1. The highest BCUT2D eigenvalue weighted by atomic mass is 127. The van der Waals surface area contributed by atoms with Gasteiger partial charge in [-0.2, -0.15) is 0 Å². The Morgan fingerprint density at radius 2 is 0.542 bits per heavy atom. The van der Waals surface area contributed by atoms with Gasteiger partial charge in [0.1, 0.15) is 14.3 Å². The van der Waals surface area contributed by atoms with Gasteiger partial charge in [0.25, 0.3) is 0 Å². The maximum absolute atomic E-state index is 11.0. The van der Waals surface area contributed by atoms with Gasteiger partial charge >= 0.3 is 0 Å². The zero-order valence-corrected chi connectivity index (χ0v) is 32.6. The Hall–Kier alpha value is -3.64. The molecule has 4 aromatic heterocycles. The largest absolute Gasteiger partial charge is 0.503 e. The summed E-state index contributed by atoms with van der Waals surface area (Å²) in [6.45, 7) is 0. The van der Waals surface area contributed by atoms with Crippen LogP contribution in [0.25, 0.3) is 22.8 Å². The van der Waals surface area contributed by atoms with Crippen LogP contribution >= 0.6 is 90.4 Å². The first-order chi connectivity index (χ1) is 22.9. The van der Waals surface area contributed by atoms with Crippen LogP contribution in [0.15, 0.2) is 135 Å². The minimum absolute atomic E-state index is 0.143. The SMILES string of the molecule is O=C1C(O)=C(I)C(=O)C(O)=C1I.O=C1C(O)=C(I)C(=O)C(O)=C1I.c1ccc(-c2ccccn2)nc1.c1ccc(-c2ccccn2)nc1. The van der Waals surface area contributed by atoms with Gasteiger partial charge in [0, 0.05) is 24.8 Å². The quantitative estimate of drug-likeness (QED) is 0.115. The predicted molar refractivity (Wildman–Crippen MR) is 210 cm³/mol. The molecule has 0 saturated heterocycles. The number of allylic oxidation sites excluding steroid dienone is 4. The first kappa shape index (κ1) is 38.8. The Morgan fingerprint density at radius 1 is 0.354 bits per heavy atom. The lowest BCUT2D eigenvalue weighted by Crippen LogP contribution is -2.18. The number of hydrogen-bond acceptors (Lipinski definition) is 12. The lowest BCUT2D eigenvalue weighted by molar-refractivity contribution is -0.118. The van der Waals surface area contributed by atoms with E-state index >= 15 is 0 Å². The lowest BCUT2D eigenvalue weighted by Gasteiger charge is -2.09. The molecule has 0 atom stereocenters. The molecule has 0 aliphatic heterocycles. The summed E-state index contributed by atoms with van der Waals surface area (Å²) in [7, 11) is 0. The van der Waals surface area contributed by atoms with Gasteiger partial charge in [-0.25, -0.2) is 0 Å². The molecule has 0 amide bonds. The van der Waals surface area contributed by atoms with Gasteiger partial charge in [0.2, 0.25) is 23.1 Å². The monoisotopic (exact) mass is 1100 g/mol. The summed E-state index contributed by atoms with van der Waals surface area (Å²) >= 11 is 6.04. The van der Waals surface area contributed by atoms with Crippen molar-refractivity contribution < 1.29 is 39.6 Å². The molecular weight excluding hydrogens is 1080 g/mol. The summed E-state index contributed by atoms with van der Waals surface area (Å²) in [6, 6.07) is 23.2. The van der Waals surface area contributed by atoms with Crippen LogP contribution < -0.4 is 0 Å². The minimum atomic E-state index is -0.711. The number of pyridine rings is 4. The number of aliphatic hydroxyl groups is 4. The first-order valence-corrected chi connectivity index (χ1v) is 17.4. The Bertz CT molecular complexity index is 1610. The summed E-state index contributed by atoms with van der Waals surface area (Å²) in [6.07, 6.45) is 7.07. The van der Waals surface area contributed by atoms with Crippen LogP contribution in [0.1, 0.15) is 0 Å². The van der Waals surface area contributed by atoms with Gasteiger partial charge in [0.05, 0.1) is 22.8 Å². The fraction of sp³-hybridized carbons (Fsp3) is 0. The Labute approximate surface area is 327 Å². The summed E-state index contributed by atoms with van der Waals surface area (Å²) < 4.78 is -0.572. The minimum Gasteiger partial charge on any atom is -0.503 e. The van der Waals surface area contributed by atoms with Crippen LogP contribution in [0.2, 0.25) is 0 Å². The number of ketones is 4. The third-order valence-corrected chi connectivity index (χ3v) is 9.68. The molecule has 2 aliphatic carbocycles. The van der Waals surface area contributed by atoms with Gasteiger partial charge in [-0.3, -0.25) is 39.1 Å². The van der Waals surface area contributed by atoms with E-state index in [0.29, 0.717) is 0 Å². The average molecular weight is 1100 g/mol. The van der Waals surface area contributed by atoms with E-state index in [4.69, 9.17) is 20.4 Å². The van der Waals surface area contributed by atoms with Crippen LogP contribution in [0.4, 0.5) is 0 Å². The third-order valence-electron chi connectivity index (χ3n) is 5.67. The van der Waals surface area contributed by atoms with Crippen molar-refractivity contribution in [1.82, 2.24) is 19.9 Å². The Kier molecular flexibility index (Phi) is 15.2. The van der Waals surface area contributed by atoms with Gasteiger partial charge in [-0.1, -0.05) is 24.3 Å². The van der Waals surface area contributed by atoms with Gasteiger partial charge in [0.15, 0.2) is 23.0 Å². The number of aromatic nitrogens is 4. The van der Waals surface area contributed by atoms with Crippen molar-refractivity contribution in [3.63, 3.8) is 0 Å². The first-order valence-electron chi connectivity index (χ1n) is 13.0. The number of halogens is 4. The molecule has 2 aliphatic rings. The van der Waals surface area contributed by atoms with Gasteiger partial charge in [-0.15, -0.1) is 0 Å². The van der Waals surface area contributed by atoms with Crippen molar-refractivity contribution in [2.45, 2.75) is 0 Å². The topological polar surface area (TPSA) is 201 Å². The fourth-order valence-corrected chi connectivity index (χ4v) is 5.30. The van der Waals surface area contributed by atoms with Crippen LogP contribution in [0.5, 0.6) is 0 Å². The molecule has 0 spiro atoms. The zero-order chi connectivity index (χ0) is 35.4. The van der Waals surface area contributed by atoms with Crippen LogP contribution in [-0.2, 0) is 19.2 Å². The third kappa shape index (κ3) is 10.2. The number of aliphatic hydroxyl groups excluding tert-OH is 4. The highest BCUT2D eigenvalue weighted by molar-refractivity contribution is 14.1. The highest BCUT2D eigenvalue weighted by Gasteiger charge is 2.33. The molecule has 0 unspecified atom stereocenters. The van der Waals surface area contributed by atoms with E-state index in [-0.39, 0.29) is 14.3 Å². The number of hydrogen-bond donors (Lipinski definition) is 4. The molecular formula is C32H20I4N4O8. The van der Waals surface area contributed by atoms with E-state index in [2.05, 4.69) is 19.9 Å². The maximum Gasteiger partial charge on any atom is 0.238 e. The molecule has 6 rings (SSSR count). The molecule has 0 aromatic carbocycles. The average Bonchev–Trinajstić information content (AvgIpc) is 3.15. The number of carbonyl (C=O) groups excluding carboxylic acids is 4. The number of Topliss-reactive ketones (excluding diaryl/α,β-unsaturated/α-hetero) is 4. The second kappa shape index (κ2) is 18.8. The van der Waals surface area contributed by atoms with E-state index in [1.807, 2.05) is 72.8 Å². The van der Waals surface area contributed by atoms with Crippen molar-refractivity contribution in [3.8, 4) is 22.8 Å². The molecule has 4 heterocycles. The number of rotatable bonds is 2. The molecule has 244 valence electrons. The molecule has 16 heteroatoms. The van der Waals surface area contributed by atoms with Crippen molar-refractivity contribution >= 4 is 113 Å². The normalized spacial score (nSPS) is 14.4. The van der Waals surface area contributed by atoms with E-state index in [1.165, 1.54) is 90.4 Å². The van der Waals surface area contributed by atoms with Crippen molar-refractivity contribution in [2.24, 2.45) is 0 Å². The lowest BCUT2D eigenvalue weighted by atomic mass is 10.1. The maximum atomic E-state index is 11.0. The number of nitrogens with zero attached hydrogens (tertiary/aromatic N) is 4. The molecule has 4 N–H and O–H groups in total. The van der Waals surface area contributed by atoms with Crippen LogP contribution in [0, 0.1) is 0 Å². The highest BCUT2D eigenvalue weighted by Crippen LogP contribution is 2.30.